The first-order chi connectivity index (χ1) is 3.39. The highest BCUT2D eigenvalue weighted by molar-refractivity contribution is 5.85. The van der Waals surface area contributed by atoms with E-state index >= 15 is 0 Å². The Morgan fingerprint density at radius 2 is 2.50 bits per heavy atom. The van der Waals surface area contributed by atoms with Crippen LogP contribution in [0.1, 0.15) is 0 Å². The number of halogens is 1. The second kappa shape index (κ2) is 3.69. The summed E-state index contributed by atoms with van der Waals surface area (Å²) in [5, 5.41) is 11.5. The van der Waals surface area contributed by atoms with Crippen LogP contribution < -0.4 is 5.32 Å². The molecule has 2 N–H and O–H groups in total. The summed E-state index contributed by atoms with van der Waals surface area (Å²) in [7, 11) is 0. The molecule has 0 bridgehead atoms. The third kappa shape index (κ3) is 2.14. The fourth-order valence-electron chi connectivity index (χ4n) is 0.492. The lowest BCUT2D eigenvalue weighted by Crippen LogP contribution is -2.32. The maximum atomic E-state index is 8.73. The van der Waals surface area contributed by atoms with E-state index in [0.29, 0.717) is 13.1 Å². The van der Waals surface area contributed by atoms with Crippen molar-refractivity contribution in [3.8, 4) is 0 Å². The largest absolute Gasteiger partial charge is 0.389 e. The van der Waals surface area contributed by atoms with Gasteiger partial charge in [-0.3, -0.25) is 4.99 Å². The second-order valence-electron chi connectivity index (χ2n) is 1.56. The van der Waals surface area contributed by atoms with Crippen LogP contribution in [0.5, 0.6) is 0 Å². The molecule has 48 valence electrons. The van der Waals surface area contributed by atoms with Gasteiger partial charge < -0.3 is 10.4 Å². The van der Waals surface area contributed by atoms with Crippen LogP contribution in [0.25, 0.3) is 0 Å². The number of rotatable bonds is 0. The van der Waals surface area contributed by atoms with Crippen LogP contribution in [0, 0.1) is 0 Å². The summed E-state index contributed by atoms with van der Waals surface area (Å²) in [5.41, 5.74) is 0. The van der Waals surface area contributed by atoms with Crippen LogP contribution in [-0.4, -0.2) is 30.6 Å². The SMILES string of the molecule is Cl.OC1CN=CNC1. The summed E-state index contributed by atoms with van der Waals surface area (Å²) in [6.07, 6.45) is 1.34. The van der Waals surface area contributed by atoms with Gasteiger partial charge in [-0.2, -0.15) is 0 Å². The molecule has 4 heteroatoms. The molecular formula is C4H9ClN2O. The lowest BCUT2D eigenvalue weighted by atomic mass is 10.3. The fourth-order valence-corrected chi connectivity index (χ4v) is 0.492. The van der Waals surface area contributed by atoms with Crippen molar-refractivity contribution < 1.29 is 5.11 Å². The highest BCUT2D eigenvalue weighted by Crippen LogP contribution is 1.83. The molecule has 3 nitrogen and oxygen atoms in total. The van der Waals surface area contributed by atoms with Gasteiger partial charge in [0.25, 0.3) is 0 Å². The molecule has 0 fully saturated rings. The first kappa shape index (κ1) is 7.72. The van der Waals surface area contributed by atoms with Crippen molar-refractivity contribution in [3.63, 3.8) is 0 Å². The highest BCUT2D eigenvalue weighted by atomic mass is 35.5. The van der Waals surface area contributed by atoms with Crippen molar-refractivity contribution in [2.45, 2.75) is 6.10 Å². The Bertz CT molecular complexity index is 86.1. The average Bonchev–Trinajstić information content (AvgIpc) is 1.69. The third-order valence-electron chi connectivity index (χ3n) is 0.852. The van der Waals surface area contributed by atoms with Crippen LogP contribution in [0.4, 0.5) is 0 Å². The van der Waals surface area contributed by atoms with Crippen molar-refractivity contribution in [2.75, 3.05) is 13.1 Å². The third-order valence-corrected chi connectivity index (χ3v) is 0.852. The summed E-state index contributed by atoms with van der Waals surface area (Å²) in [5.74, 6) is 0. The van der Waals surface area contributed by atoms with Crippen molar-refractivity contribution in [3.05, 3.63) is 0 Å². The van der Waals surface area contributed by atoms with E-state index in [2.05, 4.69) is 10.3 Å². The van der Waals surface area contributed by atoms with E-state index in [9.17, 15) is 0 Å². The number of nitrogens with one attached hydrogen (secondary N) is 1. The summed E-state index contributed by atoms with van der Waals surface area (Å²) in [6, 6.07) is 0. The Balaban J connectivity index is 0.000000490. The summed E-state index contributed by atoms with van der Waals surface area (Å²) in [4.78, 5) is 3.77. The fraction of sp³-hybridized carbons (Fsp3) is 0.750. The summed E-state index contributed by atoms with van der Waals surface area (Å²) in [6.45, 7) is 1.19. The van der Waals surface area contributed by atoms with Crippen molar-refractivity contribution in [1.82, 2.24) is 5.32 Å². The zero-order chi connectivity index (χ0) is 5.11. The molecule has 0 saturated carbocycles. The molecule has 0 aromatic heterocycles. The number of aliphatic hydroxyl groups excluding tert-OH is 1. The van der Waals surface area contributed by atoms with Crippen molar-refractivity contribution in [1.29, 1.82) is 0 Å². The maximum absolute atomic E-state index is 8.73. The number of aliphatic hydroxyl groups is 1. The van der Waals surface area contributed by atoms with Crippen LogP contribution in [0.3, 0.4) is 0 Å². The monoisotopic (exact) mass is 136 g/mol. The van der Waals surface area contributed by atoms with Crippen LogP contribution in [0.2, 0.25) is 0 Å². The van der Waals surface area contributed by atoms with E-state index in [4.69, 9.17) is 5.11 Å². The Labute approximate surface area is 54.2 Å². The lowest BCUT2D eigenvalue weighted by Gasteiger charge is -2.10. The molecule has 0 aliphatic carbocycles. The van der Waals surface area contributed by atoms with E-state index in [1.807, 2.05) is 0 Å². The van der Waals surface area contributed by atoms with Gasteiger partial charge in [0.2, 0.25) is 0 Å². The smallest absolute Gasteiger partial charge is 0.0908 e. The first-order valence-electron chi connectivity index (χ1n) is 2.29. The van der Waals surface area contributed by atoms with E-state index in [1.165, 1.54) is 0 Å². The van der Waals surface area contributed by atoms with Gasteiger partial charge in [0, 0.05) is 6.54 Å². The molecule has 1 aliphatic heterocycles. The molecule has 8 heavy (non-hydrogen) atoms. The van der Waals surface area contributed by atoms with Gasteiger partial charge in [-0.25, -0.2) is 0 Å². The predicted molar refractivity (Wildman–Crippen MR) is 34.6 cm³/mol. The van der Waals surface area contributed by atoms with Crippen molar-refractivity contribution >= 4 is 18.7 Å². The standard InChI is InChI=1S/C4H8N2O.ClH/c7-4-1-5-3-6-2-4;/h3-4,7H,1-2H2,(H,5,6);1H. The Hall–Kier alpha value is -0.280. The van der Waals surface area contributed by atoms with Gasteiger partial charge in [0.15, 0.2) is 0 Å². The molecule has 0 radical (unpaired) electrons. The normalized spacial score (nSPS) is 25.9. The zero-order valence-electron chi connectivity index (χ0n) is 4.37. The van der Waals surface area contributed by atoms with Crippen LogP contribution in [0.15, 0.2) is 4.99 Å². The number of β-amino-alcohol motifs (C(OH)–C–C–N with tert-alkyl or cyclic N) is 1. The average molecular weight is 137 g/mol. The van der Waals surface area contributed by atoms with Gasteiger partial charge in [0.05, 0.1) is 19.0 Å². The van der Waals surface area contributed by atoms with Crippen LogP contribution >= 0.6 is 12.4 Å². The van der Waals surface area contributed by atoms with Gasteiger partial charge in [0.1, 0.15) is 0 Å². The summed E-state index contributed by atoms with van der Waals surface area (Å²) < 4.78 is 0. The molecular weight excluding hydrogens is 128 g/mol. The van der Waals surface area contributed by atoms with Gasteiger partial charge in [-0.05, 0) is 0 Å². The summed E-state index contributed by atoms with van der Waals surface area (Å²) >= 11 is 0. The maximum Gasteiger partial charge on any atom is 0.0908 e. The minimum absolute atomic E-state index is 0. The van der Waals surface area contributed by atoms with Crippen LogP contribution in [-0.2, 0) is 0 Å². The molecule has 0 saturated heterocycles. The Morgan fingerprint density at radius 3 is 2.75 bits per heavy atom. The number of nitrogens with zero attached hydrogens (tertiary/aromatic N) is 1. The van der Waals surface area contributed by atoms with E-state index in [-0.39, 0.29) is 18.5 Å². The van der Waals surface area contributed by atoms with E-state index in [1.54, 1.807) is 6.34 Å². The molecule has 1 heterocycles. The van der Waals surface area contributed by atoms with E-state index in [0.717, 1.165) is 0 Å². The topological polar surface area (TPSA) is 44.6 Å². The number of hydrogen-bond acceptors (Lipinski definition) is 3. The number of aliphatic imine (C=N–C) groups is 1. The molecule has 0 spiro atoms. The molecule has 0 aromatic carbocycles. The first-order valence-corrected chi connectivity index (χ1v) is 2.29. The molecule has 1 rings (SSSR count). The van der Waals surface area contributed by atoms with Gasteiger partial charge in [-0.1, -0.05) is 0 Å². The predicted octanol–water partition coefficient (Wildman–Crippen LogP) is -0.599. The van der Waals surface area contributed by atoms with Gasteiger partial charge >= 0.3 is 0 Å². The Morgan fingerprint density at radius 1 is 1.75 bits per heavy atom. The number of hydrogen-bond donors (Lipinski definition) is 2. The molecule has 1 unspecified atom stereocenters. The van der Waals surface area contributed by atoms with Crippen molar-refractivity contribution in [2.24, 2.45) is 4.99 Å². The molecule has 0 aromatic rings. The quantitative estimate of drug-likeness (QED) is 0.467. The lowest BCUT2D eigenvalue weighted by molar-refractivity contribution is 0.182. The molecule has 1 atom stereocenters. The Kier molecular flexibility index (Phi) is 3.56. The minimum atomic E-state index is -0.273. The minimum Gasteiger partial charge on any atom is -0.389 e. The van der Waals surface area contributed by atoms with E-state index < -0.39 is 0 Å². The molecule has 1 aliphatic rings. The second-order valence-corrected chi connectivity index (χ2v) is 1.56. The highest BCUT2D eigenvalue weighted by Gasteiger charge is 2.02. The zero-order valence-corrected chi connectivity index (χ0v) is 5.19. The van der Waals surface area contributed by atoms with Gasteiger partial charge in [-0.15, -0.1) is 12.4 Å². The molecule has 0 amide bonds.